The minimum absolute atomic E-state index is 0.00787. The van der Waals surface area contributed by atoms with E-state index < -0.39 is 17.7 Å². The fraction of sp³-hybridized carbons (Fsp3) is 0.458. The Kier molecular flexibility index (Phi) is 7.39. The summed E-state index contributed by atoms with van der Waals surface area (Å²) in [6.45, 7) is 7.83. The second-order valence-electron chi connectivity index (χ2n) is 9.25. The number of thiazole rings is 1. The number of alkyl carbamates (subject to hydrolysis) is 1. The standard InChI is InChI=1S/C24H30N4O4S2/c1-24(2,3)32-23(31)26-19(14-17-5-4-12-33-17)21(30)27-8-10-28(11-9-27)22-25-18-7-6-16(15-29)13-20(18)34-22/h4-7,12-13,19,29H,8-11,14-15H2,1-3H3,(H,26,31). The third kappa shape index (κ3) is 6.05. The molecule has 34 heavy (non-hydrogen) atoms. The van der Waals surface area contributed by atoms with Crippen molar-refractivity contribution in [2.75, 3.05) is 31.1 Å². The van der Waals surface area contributed by atoms with Gasteiger partial charge in [-0.2, -0.15) is 0 Å². The van der Waals surface area contributed by atoms with Crippen LogP contribution in [0.4, 0.5) is 9.93 Å². The van der Waals surface area contributed by atoms with Crippen molar-refractivity contribution in [3.8, 4) is 0 Å². The van der Waals surface area contributed by atoms with E-state index in [2.05, 4.69) is 10.2 Å². The minimum Gasteiger partial charge on any atom is -0.444 e. The monoisotopic (exact) mass is 502 g/mol. The van der Waals surface area contributed by atoms with E-state index in [-0.39, 0.29) is 12.5 Å². The van der Waals surface area contributed by atoms with Crippen molar-refractivity contribution in [2.45, 2.75) is 45.4 Å². The topological polar surface area (TPSA) is 95.0 Å². The fourth-order valence-corrected chi connectivity index (χ4v) is 5.64. The van der Waals surface area contributed by atoms with Crippen LogP contribution in [0, 0.1) is 0 Å². The normalized spacial score (nSPS) is 15.4. The summed E-state index contributed by atoms with van der Waals surface area (Å²) in [4.78, 5) is 35.6. The lowest BCUT2D eigenvalue weighted by Crippen LogP contribution is -2.56. The largest absolute Gasteiger partial charge is 0.444 e. The van der Waals surface area contributed by atoms with Crippen LogP contribution in [0.1, 0.15) is 31.2 Å². The van der Waals surface area contributed by atoms with Crippen LogP contribution >= 0.6 is 22.7 Å². The highest BCUT2D eigenvalue weighted by Gasteiger charge is 2.31. The van der Waals surface area contributed by atoms with Crippen LogP contribution in [0.5, 0.6) is 0 Å². The Balaban J connectivity index is 1.41. The number of nitrogens with zero attached hydrogens (tertiary/aromatic N) is 3. The third-order valence-corrected chi connectivity index (χ3v) is 7.44. The number of hydrogen-bond donors (Lipinski definition) is 2. The molecule has 3 aromatic rings. The predicted octanol–water partition coefficient (Wildman–Crippen LogP) is 3.63. The number of fused-ring (bicyclic) bond motifs is 1. The van der Waals surface area contributed by atoms with Crippen molar-refractivity contribution in [1.82, 2.24) is 15.2 Å². The molecule has 1 atom stereocenters. The maximum atomic E-state index is 13.4. The van der Waals surface area contributed by atoms with Crippen LogP contribution in [-0.2, 0) is 22.6 Å². The second-order valence-corrected chi connectivity index (χ2v) is 11.3. The molecular formula is C24H30N4O4S2. The molecule has 182 valence electrons. The van der Waals surface area contributed by atoms with Crippen molar-refractivity contribution in [3.63, 3.8) is 0 Å². The highest BCUT2D eigenvalue weighted by Crippen LogP contribution is 2.30. The van der Waals surface area contributed by atoms with Gasteiger partial charge >= 0.3 is 6.09 Å². The van der Waals surface area contributed by atoms with Gasteiger partial charge in [0.25, 0.3) is 0 Å². The number of ether oxygens (including phenoxy) is 1. The molecule has 0 bridgehead atoms. The first kappa shape index (κ1) is 24.4. The molecule has 0 radical (unpaired) electrons. The Bertz CT molecular complexity index is 1130. The average Bonchev–Trinajstić information content (AvgIpc) is 3.46. The van der Waals surface area contributed by atoms with Gasteiger partial charge in [-0.1, -0.05) is 23.5 Å². The maximum absolute atomic E-state index is 13.4. The van der Waals surface area contributed by atoms with Crippen molar-refractivity contribution >= 4 is 50.0 Å². The molecule has 1 aromatic carbocycles. The van der Waals surface area contributed by atoms with E-state index in [1.54, 1.807) is 43.4 Å². The molecular weight excluding hydrogens is 472 g/mol. The first-order valence-electron chi connectivity index (χ1n) is 11.3. The molecule has 2 N–H and O–H groups in total. The van der Waals surface area contributed by atoms with Gasteiger partial charge in [-0.05, 0) is 49.9 Å². The summed E-state index contributed by atoms with van der Waals surface area (Å²) in [5, 5.41) is 15.0. The molecule has 4 rings (SSSR count). The van der Waals surface area contributed by atoms with Crippen molar-refractivity contribution < 1.29 is 19.4 Å². The molecule has 2 aromatic heterocycles. The highest BCUT2D eigenvalue weighted by molar-refractivity contribution is 7.22. The number of aliphatic hydroxyl groups excluding tert-OH is 1. The molecule has 0 aliphatic carbocycles. The van der Waals surface area contributed by atoms with Gasteiger partial charge in [0.15, 0.2) is 5.13 Å². The van der Waals surface area contributed by atoms with Gasteiger partial charge in [-0.3, -0.25) is 4.79 Å². The van der Waals surface area contributed by atoms with Crippen molar-refractivity contribution in [3.05, 3.63) is 46.2 Å². The molecule has 10 heteroatoms. The van der Waals surface area contributed by atoms with Gasteiger partial charge in [0.2, 0.25) is 5.91 Å². The smallest absolute Gasteiger partial charge is 0.408 e. The Morgan fingerprint density at radius 2 is 1.97 bits per heavy atom. The summed E-state index contributed by atoms with van der Waals surface area (Å²) >= 11 is 3.16. The summed E-state index contributed by atoms with van der Waals surface area (Å²) in [6, 6.07) is 9.00. The zero-order valence-corrected chi connectivity index (χ0v) is 21.2. The van der Waals surface area contributed by atoms with Gasteiger partial charge in [-0.25, -0.2) is 9.78 Å². The zero-order chi connectivity index (χ0) is 24.3. The number of nitrogens with one attached hydrogen (secondary N) is 1. The van der Waals surface area contributed by atoms with E-state index in [0.29, 0.717) is 32.6 Å². The van der Waals surface area contributed by atoms with Crippen LogP contribution in [0.15, 0.2) is 35.7 Å². The molecule has 0 saturated carbocycles. The summed E-state index contributed by atoms with van der Waals surface area (Å²) in [7, 11) is 0. The first-order chi connectivity index (χ1) is 16.2. The van der Waals surface area contributed by atoms with Crippen LogP contribution in [0.25, 0.3) is 10.2 Å². The second kappa shape index (κ2) is 10.3. The lowest BCUT2D eigenvalue weighted by Gasteiger charge is -2.36. The van der Waals surface area contributed by atoms with E-state index in [0.717, 1.165) is 25.8 Å². The number of aliphatic hydroxyl groups is 1. The summed E-state index contributed by atoms with van der Waals surface area (Å²) in [5.41, 5.74) is 1.14. The maximum Gasteiger partial charge on any atom is 0.408 e. The molecule has 1 aliphatic rings. The molecule has 1 unspecified atom stereocenters. The van der Waals surface area contributed by atoms with Gasteiger partial charge in [0, 0.05) is 37.5 Å². The van der Waals surface area contributed by atoms with E-state index in [1.807, 2.05) is 40.6 Å². The molecule has 3 heterocycles. The number of anilines is 1. The average molecular weight is 503 g/mol. The number of piperazine rings is 1. The zero-order valence-electron chi connectivity index (χ0n) is 19.6. The summed E-state index contributed by atoms with van der Waals surface area (Å²) in [5.74, 6) is -0.101. The van der Waals surface area contributed by atoms with Crippen LogP contribution in [0.2, 0.25) is 0 Å². The Morgan fingerprint density at radius 3 is 2.62 bits per heavy atom. The molecule has 1 saturated heterocycles. The van der Waals surface area contributed by atoms with Crippen LogP contribution in [-0.4, -0.2) is 64.8 Å². The van der Waals surface area contributed by atoms with Gasteiger partial charge in [0.1, 0.15) is 11.6 Å². The molecule has 8 nitrogen and oxygen atoms in total. The summed E-state index contributed by atoms with van der Waals surface area (Å²) in [6.07, 6.45) is -0.154. The highest BCUT2D eigenvalue weighted by atomic mass is 32.1. The number of hydrogen-bond acceptors (Lipinski definition) is 8. The van der Waals surface area contributed by atoms with Crippen molar-refractivity contribution in [1.29, 1.82) is 0 Å². The number of aromatic nitrogens is 1. The number of benzene rings is 1. The molecule has 0 spiro atoms. The molecule has 1 aliphatic heterocycles. The number of thiophene rings is 1. The Morgan fingerprint density at radius 1 is 1.21 bits per heavy atom. The van der Waals surface area contributed by atoms with Gasteiger partial charge in [-0.15, -0.1) is 11.3 Å². The van der Waals surface area contributed by atoms with E-state index in [4.69, 9.17) is 9.72 Å². The number of amides is 2. The number of carbonyl (C=O) groups is 2. The lowest BCUT2D eigenvalue weighted by molar-refractivity contribution is -0.133. The number of rotatable bonds is 6. The fourth-order valence-electron chi connectivity index (χ4n) is 3.81. The van der Waals surface area contributed by atoms with Gasteiger partial charge < -0.3 is 25.0 Å². The van der Waals surface area contributed by atoms with E-state index in [1.165, 1.54) is 0 Å². The first-order valence-corrected chi connectivity index (χ1v) is 13.0. The third-order valence-electron chi connectivity index (χ3n) is 5.46. The SMILES string of the molecule is CC(C)(C)OC(=O)NC(Cc1cccs1)C(=O)N1CCN(c2nc3ccc(CO)cc3s2)CC1. The van der Waals surface area contributed by atoms with E-state index >= 15 is 0 Å². The van der Waals surface area contributed by atoms with Gasteiger partial charge in [0.05, 0.1) is 16.8 Å². The summed E-state index contributed by atoms with van der Waals surface area (Å²) < 4.78 is 6.44. The molecule has 2 amide bonds. The van der Waals surface area contributed by atoms with Crippen molar-refractivity contribution in [2.24, 2.45) is 0 Å². The Labute approximate surface area is 207 Å². The van der Waals surface area contributed by atoms with Crippen LogP contribution < -0.4 is 10.2 Å². The van der Waals surface area contributed by atoms with Crippen LogP contribution in [0.3, 0.4) is 0 Å². The van der Waals surface area contributed by atoms with E-state index in [9.17, 15) is 14.7 Å². The quantitative estimate of drug-likeness (QED) is 0.535. The Hall–Kier alpha value is -2.69. The molecule has 1 fully saturated rings. The predicted molar refractivity (Wildman–Crippen MR) is 136 cm³/mol. The minimum atomic E-state index is -0.681. The lowest BCUT2D eigenvalue weighted by atomic mass is 10.1. The number of carbonyl (C=O) groups excluding carboxylic acids is 2.